The molecule has 0 nitrogen and oxygen atoms in total. The summed E-state index contributed by atoms with van der Waals surface area (Å²) in [4.78, 5) is 0. The van der Waals surface area contributed by atoms with Crippen molar-refractivity contribution in [1.29, 1.82) is 0 Å². The highest BCUT2D eigenvalue weighted by molar-refractivity contribution is 6.17. The van der Waals surface area contributed by atoms with Crippen LogP contribution in [0.3, 0.4) is 0 Å². The average molecular weight is 354 g/mol. The summed E-state index contributed by atoms with van der Waals surface area (Å²) in [5.74, 6) is 0. The van der Waals surface area contributed by atoms with Crippen LogP contribution in [0, 0.1) is 0 Å². The molecule has 0 aliphatic carbocycles. The number of rotatable bonds is 1. The molecular formula is C28H18. The van der Waals surface area contributed by atoms with Crippen molar-refractivity contribution < 1.29 is 0 Å². The highest BCUT2D eigenvalue weighted by Crippen LogP contribution is 2.37. The molecule has 0 saturated heterocycles. The third kappa shape index (κ3) is 2.32. The SMILES string of the molecule is c1ccc2cc(-c3cccc4ccc5cc6ccccc6cc5c34)ccc2c1. The molecule has 0 heterocycles. The molecule has 0 radical (unpaired) electrons. The summed E-state index contributed by atoms with van der Waals surface area (Å²) in [5.41, 5.74) is 2.56. The van der Waals surface area contributed by atoms with E-state index in [1.54, 1.807) is 0 Å². The van der Waals surface area contributed by atoms with Crippen molar-refractivity contribution in [1.82, 2.24) is 0 Å². The van der Waals surface area contributed by atoms with Crippen LogP contribution < -0.4 is 0 Å². The van der Waals surface area contributed by atoms with Gasteiger partial charge in [0.25, 0.3) is 0 Å². The average Bonchev–Trinajstić information content (AvgIpc) is 2.77. The van der Waals surface area contributed by atoms with Crippen molar-refractivity contribution in [3.05, 3.63) is 109 Å². The Morgan fingerprint density at radius 2 is 0.964 bits per heavy atom. The quantitative estimate of drug-likeness (QED) is 0.207. The topological polar surface area (TPSA) is 0 Å². The summed E-state index contributed by atoms with van der Waals surface area (Å²) < 4.78 is 0. The van der Waals surface area contributed by atoms with Gasteiger partial charge in [-0.2, -0.15) is 0 Å². The first-order chi connectivity index (χ1) is 13.9. The maximum Gasteiger partial charge on any atom is -0.00266 e. The van der Waals surface area contributed by atoms with E-state index in [0.717, 1.165) is 0 Å². The summed E-state index contributed by atoms with van der Waals surface area (Å²) in [6, 6.07) is 39.7. The Balaban J connectivity index is 1.73. The lowest BCUT2D eigenvalue weighted by atomic mass is 9.91. The number of benzene rings is 6. The monoisotopic (exact) mass is 354 g/mol. The van der Waals surface area contributed by atoms with Crippen molar-refractivity contribution in [2.45, 2.75) is 0 Å². The van der Waals surface area contributed by atoms with Gasteiger partial charge in [0.15, 0.2) is 0 Å². The zero-order chi connectivity index (χ0) is 18.5. The summed E-state index contributed by atoms with van der Waals surface area (Å²) in [7, 11) is 0. The van der Waals surface area contributed by atoms with Gasteiger partial charge in [-0.15, -0.1) is 0 Å². The molecule has 0 aliphatic rings. The summed E-state index contributed by atoms with van der Waals surface area (Å²) in [5, 5.41) is 10.4. The predicted octanol–water partition coefficient (Wildman–Crippen LogP) is 7.97. The Morgan fingerprint density at radius 1 is 0.357 bits per heavy atom. The van der Waals surface area contributed by atoms with Crippen LogP contribution in [-0.4, -0.2) is 0 Å². The fourth-order valence-electron chi connectivity index (χ4n) is 4.40. The van der Waals surface area contributed by atoms with E-state index in [0.29, 0.717) is 0 Å². The number of hydrogen-bond acceptors (Lipinski definition) is 0. The van der Waals surface area contributed by atoms with Crippen molar-refractivity contribution in [2.24, 2.45) is 0 Å². The molecule has 0 N–H and O–H groups in total. The van der Waals surface area contributed by atoms with Gasteiger partial charge in [0.1, 0.15) is 0 Å². The van der Waals surface area contributed by atoms with Crippen LogP contribution in [0.15, 0.2) is 109 Å². The molecule has 0 atom stereocenters. The Hall–Kier alpha value is -3.64. The van der Waals surface area contributed by atoms with Crippen LogP contribution in [0.4, 0.5) is 0 Å². The molecular weight excluding hydrogens is 336 g/mol. The standard InChI is InChI=1S/C28H18/c1-2-7-21-16-24(14-12-19(21)6-1)26-11-5-10-20-13-15-25-17-22-8-3-4-9-23(22)18-27(25)28(20)26/h1-18H. The van der Waals surface area contributed by atoms with Crippen LogP contribution in [0.1, 0.15) is 0 Å². The van der Waals surface area contributed by atoms with E-state index in [4.69, 9.17) is 0 Å². The van der Waals surface area contributed by atoms with E-state index in [1.807, 2.05) is 0 Å². The summed E-state index contributed by atoms with van der Waals surface area (Å²) in [6.45, 7) is 0. The third-order valence-electron chi connectivity index (χ3n) is 5.79. The normalized spacial score (nSPS) is 11.6. The smallest absolute Gasteiger partial charge is 0.00266 e. The van der Waals surface area contributed by atoms with Crippen molar-refractivity contribution >= 4 is 43.1 Å². The lowest BCUT2D eigenvalue weighted by molar-refractivity contribution is 1.69. The predicted molar refractivity (Wildman–Crippen MR) is 122 cm³/mol. The van der Waals surface area contributed by atoms with Gasteiger partial charge in [0.05, 0.1) is 0 Å². The van der Waals surface area contributed by atoms with Gasteiger partial charge in [-0.05, 0) is 72.4 Å². The van der Waals surface area contributed by atoms with Gasteiger partial charge in [0.2, 0.25) is 0 Å². The Labute approximate surface area is 163 Å². The maximum atomic E-state index is 2.34. The molecule has 0 heteroatoms. The van der Waals surface area contributed by atoms with Crippen molar-refractivity contribution in [3.8, 4) is 11.1 Å². The lowest BCUT2D eigenvalue weighted by Gasteiger charge is -2.12. The first-order valence-electron chi connectivity index (χ1n) is 9.70. The van der Waals surface area contributed by atoms with Gasteiger partial charge in [-0.25, -0.2) is 0 Å². The third-order valence-corrected chi connectivity index (χ3v) is 5.79. The van der Waals surface area contributed by atoms with Crippen LogP contribution >= 0.6 is 0 Å². The lowest BCUT2D eigenvalue weighted by Crippen LogP contribution is -1.85. The fourth-order valence-corrected chi connectivity index (χ4v) is 4.40. The van der Waals surface area contributed by atoms with E-state index in [-0.39, 0.29) is 0 Å². The number of fused-ring (bicyclic) bond motifs is 5. The highest BCUT2D eigenvalue weighted by atomic mass is 14.1. The first-order valence-corrected chi connectivity index (χ1v) is 9.70. The molecule has 6 aromatic rings. The first kappa shape index (κ1) is 15.4. The van der Waals surface area contributed by atoms with E-state index >= 15 is 0 Å². The van der Waals surface area contributed by atoms with Gasteiger partial charge in [-0.3, -0.25) is 0 Å². The molecule has 0 amide bonds. The minimum Gasteiger partial charge on any atom is -0.0616 e. The number of hydrogen-bond donors (Lipinski definition) is 0. The minimum absolute atomic E-state index is 1.27. The van der Waals surface area contributed by atoms with Gasteiger partial charge >= 0.3 is 0 Å². The van der Waals surface area contributed by atoms with Gasteiger partial charge in [-0.1, -0.05) is 91.0 Å². The van der Waals surface area contributed by atoms with Crippen LogP contribution in [0.2, 0.25) is 0 Å². The van der Waals surface area contributed by atoms with Crippen LogP contribution in [0.5, 0.6) is 0 Å². The second-order valence-electron chi connectivity index (χ2n) is 7.45. The molecule has 0 aliphatic heterocycles. The zero-order valence-corrected chi connectivity index (χ0v) is 15.4. The molecule has 6 rings (SSSR count). The summed E-state index contributed by atoms with van der Waals surface area (Å²) >= 11 is 0. The van der Waals surface area contributed by atoms with Gasteiger partial charge < -0.3 is 0 Å². The zero-order valence-electron chi connectivity index (χ0n) is 15.4. The minimum atomic E-state index is 1.27. The van der Waals surface area contributed by atoms with Crippen LogP contribution in [0.25, 0.3) is 54.2 Å². The van der Waals surface area contributed by atoms with E-state index in [2.05, 4.69) is 109 Å². The molecule has 28 heavy (non-hydrogen) atoms. The van der Waals surface area contributed by atoms with Gasteiger partial charge in [0, 0.05) is 0 Å². The Morgan fingerprint density at radius 3 is 1.79 bits per heavy atom. The Bertz CT molecular complexity index is 1510. The van der Waals surface area contributed by atoms with E-state index < -0.39 is 0 Å². The molecule has 6 aromatic carbocycles. The Kier molecular flexibility index (Phi) is 3.27. The highest BCUT2D eigenvalue weighted by Gasteiger charge is 2.09. The van der Waals surface area contributed by atoms with E-state index in [9.17, 15) is 0 Å². The molecule has 0 bridgehead atoms. The fraction of sp³-hybridized carbons (Fsp3) is 0. The van der Waals surface area contributed by atoms with Crippen LogP contribution in [-0.2, 0) is 0 Å². The molecule has 0 unspecified atom stereocenters. The largest absolute Gasteiger partial charge is 0.0616 e. The molecule has 130 valence electrons. The van der Waals surface area contributed by atoms with E-state index in [1.165, 1.54) is 54.2 Å². The molecule has 0 saturated carbocycles. The second kappa shape index (κ2) is 5.94. The van der Waals surface area contributed by atoms with Crippen molar-refractivity contribution in [3.63, 3.8) is 0 Å². The second-order valence-corrected chi connectivity index (χ2v) is 7.45. The molecule has 0 aromatic heterocycles. The maximum absolute atomic E-state index is 2.34. The summed E-state index contributed by atoms with van der Waals surface area (Å²) in [6.07, 6.45) is 0. The molecule has 0 fully saturated rings. The molecule has 0 spiro atoms. The van der Waals surface area contributed by atoms with Crippen molar-refractivity contribution in [2.75, 3.05) is 0 Å².